The van der Waals surface area contributed by atoms with Gasteiger partial charge in [-0.15, -0.1) is 0 Å². The number of hydrogen-bond donors (Lipinski definition) is 2. The fourth-order valence-electron chi connectivity index (χ4n) is 1.11. The summed E-state index contributed by atoms with van der Waals surface area (Å²) in [4.78, 5) is 14.4. The highest BCUT2D eigenvalue weighted by Crippen LogP contribution is 2.05. The van der Waals surface area contributed by atoms with E-state index in [1.807, 2.05) is 0 Å². The Morgan fingerprint density at radius 3 is 2.81 bits per heavy atom. The third-order valence-electron chi connectivity index (χ3n) is 1.84. The number of nitrogens with one attached hydrogen (secondary N) is 2. The predicted molar refractivity (Wildman–Crippen MR) is 58.3 cm³/mol. The fourth-order valence-corrected chi connectivity index (χ4v) is 2.24. The van der Waals surface area contributed by atoms with Gasteiger partial charge in [0.15, 0.2) is 0 Å². The van der Waals surface area contributed by atoms with E-state index in [0.29, 0.717) is 6.29 Å². The lowest BCUT2D eigenvalue weighted by Gasteiger charge is -2.12. The van der Waals surface area contributed by atoms with Gasteiger partial charge in [0.25, 0.3) is 0 Å². The molecule has 0 unspecified atom stereocenters. The number of aldehydes is 1. The van der Waals surface area contributed by atoms with Crippen LogP contribution in [0.5, 0.6) is 0 Å². The summed E-state index contributed by atoms with van der Waals surface area (Å²) in [6.07, 6.45) is 3.25. The lowest BCUT2D eigenvalue weighted by atomic mass is 10.3. The Morgan fingerprint density at radius 2 is 2.31 bits per heavy atom. The molecule has 1 atom stereocenters. The zero-order chi connectivity index (χ0) is 12.0. The Bertz CT molecular complexity index is 433. The summed E-state index contributed by atoms with van der Waals surface area (Å²) in [5.41, 5.74) is 0. The molecule has 88 valence electrons. The SMILES string of the molecule is CNC[C@@H](C=O)NS(=O)(=O)c1cccnc1. The molecular formula is C9H13N3O3S. The lowest BCUT2D eigenvalue weighted by Crippen LogP contribution is -2.42. The maximum absolute atomic E-state index is 11.7. The predicted octanol–water partition coefficient (Wildman–Crippen LogP) is -0.853. The van der Waals surface area contributed by atoms with Crippen molar-refractivity contribution in [3.8, 4) is 0 Å². The minimum atomic E-state index is -3.68. The normalized spacial score (nSPS) is 13.3. The summed E-state index contributed by atoms with van der Waals surface area (Å²) < 4.78 is 25.7. The van der Waals surface area contributed by atoms with Crippen LogP contribution >= 0.6 is 0 Å². The first-order chi connectivity index (χ1) is 7.60. The minimum Gasteiger partial charge on any atom is -0.318 e. The van der Waals surface area contributed by atoms with Crippen molar-refractivity contribution in [2.45, 2.75) is 10.9 Å². The molecule has 0 spiro atoms. The van der Waals surface area contributed by atoms with E-state index < -0.39 is 16.1 Å². The monoisotopic (exact) mass is 243 g/mol. The maximum atomic E-state index is 11.7. The molecule has 2 N–H and O–H groups in total. The Hall–Kier alpha value is -1.31. The number of rotatable bonds is 6. The molecule has 1 aromatic heterocycles. The van der Waals surface area contributed by atoms with Gasteiger partial charge in [0, 0.05) is 18.9 Å². The van der Waals surface area contributed by atoms with Crippen LogP contribution in [0.15, 0.2) is 29.4 Å². The van der Waals surface area contributed by atoms with Gasteiger partial charge in [-0.25, -0.2) is 8.42 Å². The zero-order valence-electron chi connectivity index (χ0n) is 8.75. The van der Waals surface area contributed by atoms with Gasteiger partial charge in [0.2, 0.25) is 10.0 Å². The van der Waals surface area contributed by atoms with Crippen LogP contribution in [0.2, 0.25) is 0 Å². The van der Waals surface area contributed by atoms with Crippen LogP contribution in [0.4, 0.5) is 0 Å². The molecule has 1 rings (SSSR count). The molecule has 0 fully saturated rings. The van der Waals surface area contributed by atoms with Gasteiger partial charge < -0.3 is 10.1 Å². The number of carbonyl (C=O) groups excluding carboxylic acids is 1. The third-order valence-corrected chi connectivity index (χ3v) is 3.31. The van der Waals surface area contributed by atoms with E-state index in [1.165, 1.54) is 24.5 Å². The van der Waals surface area contributed by atoms with E-state index >= 15 is 0 Å². The standard InChI is InChI=1S/C9H13N3O3S/c1-10-5-8(7-13)12-16(14,15)9-3-2-4-11-6-9/h2-4,6-8,10,12H,5H2,1H3/t8-/m0/s1. The number of aromatic nitrogens is 1. The van der Waals surface area contributed by atoms with Crippen molar-refractivity contribution >= 4 is 16.3 Å². The number of carbonyl (C=O) groups is 1. The van der Waals surface area contributed by atoms with E-state index in [4.69, 9.17) is 0 Å². The summed E-state index contributed by atoms with van der Waals surface area (Å²) >= 11 is 0. The van der Waals surface area contributed by atoms with Gasteiger partial charge in [0.05, 0.1) is 6.04 Å². The molecule has 0 aromatic carbocycles. The van der Waals surface area contributed by atoms with Crippen molar-refractivity contribution in [1.82, 2.24) is 15.0 Å². The molecule has 0 saturated heterocycles. The number of likely N-dealkylation sites (N-methyl/N-ethyl adjacent to an activating group) is 1. The first-order valence-electron chi connectivity index (χ1n) is 4.62. The quantitative estimate of drug-likeness (QED) is 0.635. The smallest absolute Gasteiger partial charge is 0.242 e. The van der Waals surface area contributed by atoms with Crippen molar-refractivity contribution < 1.29 is 13.2 Å². The lowest BCUT2D eigenvalue weighted by molar-refractivity contribution is -0.109. The van der Waals surface area contributed by atoms with Crippen LogP contribution in [0.1, 0.15) is 0 Å². The molecule has 0 bridgehead atoms. The van der Waals surface area contributed by atoms with Crippen LogP contribution in [0.25, 0.3) is 0 Å². The van der Waals surface area contributed by atoms with Crippen molar-refractivity contribution in [3.05, 3.63) is 24.5 Å². The average Bonchev–Trinajstić information content (AvgIpc) is 2.29. The topological polar surface area (TPSA) is 88.2 Å². The van der Waals surface area contributed by atoms with Crippen LogP contribution in [-0.2, 0) is 14.8 Å². The Kier molecular flexibility index (Phi) is 4.53. The highest BCUT2D eigenvalue weighted by molar-refractivity contribution is 7.89. The van der Waals surface area contributed by atoms with Crippen LogP contribution in [0.3, 0.4) is 0 Å². The van der Waals surface area contributed by atoms with Gasteiger partial charge in [-0.05, 0) is 19.2 Å². The van der Waals surface area contributed by atoms with E-state index in [2.05, 4.69) is 15.0 Å². The summed E-state index contributed by atoms with van der Waals surface area (Å²) in [6, 6.07) is 2.15. The Morgan fingerprint density at radius 1 is 1.56 bits per heavy atom. The van der Waals surface area contributed by atoms with Gasteiger partial charge in [-0.2, -0.15) is 4.72 Å². The highest BCUT2D eigenvalue weighted by Gasteiger charge is 2.18. The largest absolute Gasteiger partial charge is 0.318 e. The summed E-state index contributed by atoms with van der Waals surface area (Å²) in [6.45, 7) is 0.239. The molecule has 1 heterocycles. The van der Waals surface area contributed by atoms with Crippen LogP contribution < -0.4 is 10.0 Å². The third kappa shape index (κ3) is 3.37. The first kappa shape index (κ1) is 12.8. The van der Waals surface area contributed by atoms with Crippen molar-refractivity contribution in [2.24, 2.45) is 0 Å². The molecule has 0 radical (unpaired) electrons. The Balaban J connectivity index is 2.83. The maximum Gasteiger partial charge on any atom is 0.242 e. The molecule has 0 aliphatic rings. The molecule has 6 nitrogen and oxygen atoms in total. The van der Waals surface area contributed by atoms with Gasteiger partial charge in [-0.3, -0.25) is 4.98 Å². The van der Waals surface area contributed by atoms with E-state index in [0.717, 1.165) is 0 Å². The van der Waals surface area contributed by atoms with Crippen LogP contribution in [-0.4, -0.2) is 39.3 Å². The molecular weight excluding hydrogens is 230 g/mol. The first-order valence-corrected chi connectivity index (χ1v) is 6.10. The molecule has 0 aliphatic heterocycles. The second-order valence-corrected chi connectivity index (χ2v) is 4.82. The number of sulfonamides is 1. The summed E-state index contributed by atoms with van der Waals surface area (Å²) in [7, 11) is -2.04. The zero-order valence-corrected chi connectivity index (χ0v) is 9.57. The summed E-state index contributed by atoms with van der Waals surface area (Å²) in [5.74, 6) is 0. The molecule has 0 saturated carbocycles. The molecule has 0 aliphatic carbocycles. The molecule has 16 heavy (non-hydrogen) atoms. The Labute approximate surface area is 94.1 Å². The van der Waals surface area contributed by atoms with Gasteiger partial charge in [0.1, 0.15) is 11.2 Å². The average molecular weight is 243 g/mol. The number of pyridine rings is 1. The fraction of sp³-hybridized carbons (Fsp3) is 0.333. The molecule has 7 heteroatoms. The van der Waals surface area contributed by atoms with Crippen molar-refractivity contribution in [3.63, 3.8) is 0 Å². The second kappa shape index (κ2) is 5.69. The second-order valence-electron chi connectivity index (χ2n) is 3.11. The van der Waals surface area contributed by atoms with Gasteiger partial charge >= 0.3 is 0 Å². The highest BCUT2D eigenvalue weighted by atomic mass is 32.2. The molecule has 1 aromatic rings. The molecule has 0 amide bonds. The van der Waals surface area contributed by atoms with Crippen LogP contribution in [0, 0.1) is 0 Å². The van der Waals surface area contributed by atoms with Gasteiger partial charge in [-0.1, -0.05) is 0 Å². The summed E-state index contributed by atoms with van der Waals surface area (Å²) in [5, 5.41) is 2.72. The van der Waals surface area contributed by atoms with Crippen molar-refractivity contribution in [1.29, 1.82) is 0 Å². The van der Waals surface area contributed by atoms with E-state index in [1.54, 1.807) is 7.05 Å². The minimum absolute atomic E-state index is 0.0398. The van der Waals surface area contributed by atoms with Crippen molar-refractivity contribution in [2.75, 3.05) is 13.6 Å². The van der Waals surface area contributed by atoms with E-state index in [9.17, 15) is 13.2 Å². The van der Waals surface area contributed by atoms with E-state index in [-0.39, 0.29) is 11.4 Å². The number of hydrogen-bond acceptors (Lipinski definition) is 5. The number of nitrogens with zero attached hydrogens (tertiary/aromatic N) is 1.